The topological polar surface area (TPSA) is 132 Å². The van der Waals surface area contributed by atoms with E-state index in [1.807, 2.05) is 6.92 Å². The molecule has 0 saturated carbocycles. The molecule has 2 heterocycles. The molecule has 0 radical (unpaired) electrons. The van der Waals surface area contributed by atoms with Crippen LogP contribution in [0, 0.1) is 5.82 Å². The number of aliphatic hydroxyl groups excluding tert-OH is 1. The molecule has 2 amide bonds. The molecule has 0 aliphatic carbocycles. The summed E-state index contributed by atoms with van der Waals surface area (Å²) in [5, 5.41) is 32.8. The summed E-state index contributed by atoms with van der Waals surface area (Å²) in [6.45, 7) is 4.90. The number of pyridine rings is 1. The van der Waals surface area contributed by atoms with Crippen LogP contribution in [0.5, 0.6) is 5.88 Å². The summed E-state index contributed by atoms with van der Waals surface area (Å²) in [4.78, 5) is 16.8. The summed E-state index contributed by atoms with van der Waals surface area (Å²) in [6.07, 6.45) is 0. The molecule has 0 aliphatic rings. The first kappa shape index (κ1) is 21.5. The van der Waals surface area contributed by atoms with Crippen molar-refractivity contribution in [3.63, 3.8) is 0 Å². The number of hydrogen-bond donors (Lipinski definition) is 5. The van der Waals surface area contributed by atoms with Gasteiger partial charge in [-0.05, 0) is 38.5 Å². The van der Waals surface area contributed by atoms with E-state index in [1.54, 1.807) is 6.07 Å². The van der Waals surface area contributed by atoms with Crippen LogP contribution in [-0.4, -0.2) is 43.6 Å². The molecule has 0 fully saturated rings. The highest BCUT2D eigenvalue weighted by Gasteiger charge is 2.30. The summed E-state index contributed by atoms with van der Waals surface area (Å²) in [5.41, 5.74) is 0.0369. The first-order valence-electron chi connectivity index (χ1n) is 9.40. The van der Waals surface area contributed by atoms with Gasteiger partial charge in [-0.25, -0.2) is 14.2 Å². The van der Waals surface area contributed by atoms with Crippen molar-refractivity contribution in [1.29, 1.82) is 0 Å². The smallest absolute Gasteiger partial charge is 0.320 e. The molecule has 1 atom stereocenters. The standard InChI is InChI=1S/C20H24FN5O4/c1-4-30-18-16-13(25-26-18)9-15(22-14(16)10-27)23-19(28)24-17(20(2,3)29)11-5-7-12(21)8-6-11/h5-9,17,27,29H,4,10H2,1-3H3,(H,25,26)(H2,22,23,24,28). The van der Waals surface area contributed by atoms with Crippen LogP contribution < -0.4 is 15.4 Å². The van der Waals surface area contributed by atoms with Crippen LogP contribution in [0.1, 0.15) is 38.1 Å². The molecule has 0 bridgehead atoms. The lowest BCUT2D eigenvalue weighted by atomic mass is 9.92. The fourth-order valence-electron chi connectivity index (χ4n) is 3.12. The molecule has 1 unspecified atom stereocenters. The van der Waals surface area contributed by atoms with Gasteiger partial charge >= 0.3 is 6.03 Å². The maximum Gasteiger partial charge on any atom is 0.320 e. The fourth-order valence-corrected chi connectivity index (χ4v) is 3.12. The van der Waals surface area contributed by atoms with E-state index in [1.165, 1.54) is 38.1 Å². The van der Waals surface area contributed by atoms with Gasteiger partial charge in [0.15, 0.2) is 0 Å². The molecule has 9 nitrogen and oxygen atoms in total. The van der Waals surface area contributed by atoms with Gasteiger partial charge in [-0.3, -0.25) is 10.4 Å². The number of hydrogen-bond acceptors (Lipinski definition) is 6. The number of carbonyl (C=O) groups excluding carboxylic acids is 1. The van der Waals surface area contributed by atoms with Crippen molar-refractivity contribution in [1.82, 2.24) is 20.5 Å². The second kappa shape index (κ2) is 8.64. The van der Waals surface area contributed by atoms with E-state index < -0.39 is 23.5 Å². The molecular weight excluding hydrogens is 393 g/mol. The van der Waals surface area contributed by atoms with Gasteiger partial charge in [0.05, 0.1) is 41.5 Å². The number of halogens is 1. The predicted octanol–water partition coefficient (Wildman–Crippen LogP) is 2.62. The molecule has 3 rings (SSSR count). The van der Waals surface area contributed by atoms with Crippen LogP contribution in [-0.2, 0) is 6.61 Å². The Labute approximate surface area is 172 Å². The summed E-state index contributed by atoms with van der Waals surface area (Å²) in [6, 6.07) is 5.61. The van der Waals surface area contributed by atoms with Crippen LogP contribution in [0.25, 0.3) is 10.9 Å². The zero-order chi connectivity index (χ0) is 21.9. The zero-order valence-corrected chi connectivity index (χ0v) is 16.9. The number of benzene rings is 1. The number of rotatable bonds is 7. The van der Waals surface area contributed by atoms with Crippen molar-refractivity contribution >= 4 is 22.8 Å². The summed E-state index contributed by atoms with van der Waals surface area (Å²) in [5.74, 6) is 0.0699. The Bertz CT molecular complexity index is 1030. The normalized spacial score (nSPS) is 12.6. The molecule has 5 N–H and O–H groups in total. The summed E-state index contributed by atoms with van der Waals surface area (Å²) >= 11 is 0. The highest BCUT2D eigenvalue weighted by molar-refractivity contribution is 5.93. The Morgan fingerprint density at radius 3 is 2.63 bits per heavy atom. The van der Waals surface area contributed by atoms with Gasteiger partial charge in [-0.2, -0.15) is 0 Å². The lowest BCUT2D eigenvalue weighted by Gasteiger charge is -2.30. The van der Waals surface area contributed by atoms with Crippen molar-refractivity contribution in [3.05, 3.63) is 47.4 Å². The molecule has 3 aromatic rings. The Kier molecular flexibility index (Phi) is 6.18. The molecule has 0 aliphatic heterocycles. The zero-order valence-electron chi connectivity index (χ0n) is 16.9. The van der Waals surface area contributed by atoms with E-state index in [4.69, 9.17) is 4.74 Å². The van der Waals surface area contributed by atoms with Gasteiger partial charge in [0, 0.05) is 6.07 Å². The lowest BCUT2D eigenvalue weighted by Crippen LogP contribution is -2.44. The highest BCUT2D eigenvalue weighted by Crippen LogP contribution is 2.29. The van der Waals surface area contributed by atoms with Gasteiger partial charge in [0.2, 0.25) is 5.88 Å². The maximum atomic E-state index is 13.2. The molecule has 160 valence electrons. The number of ether oxygens (including phenoxy) is 1. The maximum absolute atomic E-state index is 13.2. The van der Waals surface area contributed by atoms with Crippen molar-refractivity contribution < 1.29 is 24.1 Å². The minimum absolute atomic E-state index is 0.171. The van der Waals surface area contributed by atoms with E-state index in [0.717, 1.165) is 0 Å². The third kappa shape index (κ3) is 4.66. The molecule has 30 heavy (non-hydrogen) atoms. The summed E-state index contributed by atoms with van der Waals surface area (Å²) in [7, 11) is 0. The van der Waals surface area contributed by atoms with E-state index in [9.17, 15) is 19.4 Å². The molecule has 0 saturated heterocycles. The first-order chi connectivity index (χ1) is 14.2. The quantitative estimate of drug-likeness (QED) is 0.401. The number of aromatic amines is 1. The third-order valence-electron chi connectivity index (χ3n) is 4.44. The first-order valence-corrected chi connectivity index (χ1v) is 9.40. The SMILES string of the molecule is CCOc1n[nH]c2cc(NC(=O)NC(c3ccc(F)cc3)C(C)(C)O)nc(CO)c12. The van der Waals surface area contributed by atoms with Gasteiger partial charge in [-0.1, -0.05) is 12.1 Å². The van der Waals surface area contributed by atoms with Crippen LogP contribution >= 0.6 is 0 Å². The minimum Gasteiger partial charge on any atom is -0.476 e. The number of H-pyrrole nitrogens is 1. The van der Waals surface area contributed by atoms with Crippen LogP contribution in [0.3, 0.4) is 0 Å². The van der Waals surface area contributed by atoms with E-state index >= 15 is 0 Å². The summed E-state index contributed by atoms with van der Waals surface area (Å²) < 4.78 is 18.7. The Hall–Kier alpha value is -3.24. The Morgan fingerprint density at radius 2 is 2.03 bits per heavy atom. The van der Waals surface area contributed by atoms with E-state index in [-0.39, 0.29) is 18.1 Å². The average Bonchev–Trinajstić information content (AvgIpc) is 3.08. The van der Waals surface area contributed by atoms with Crippen molar-refractivity contribution in [2.24, 2.45) is 0 Å². The molecule has 2 aromatic heterocycles. The van der Waals surface area contributed by atoms with Crippen LogP contribution in [0.2, 0.25) is 0 Å². The molecule has 0 spiro atoms. The highest BCUT2D eigenvalue weighted by atomic mass is 19.1. The van der Waals surface area contributed by atoms with E-state index in [0.29, 0.717) is 29.0 Å². The molecule has 1 aromatic carbocycles. The van der Waals surface area contributed by atoms with E-state index in [2.05, 4.69) is 25.8 Å². The largest absolute Gasteiger partial charge is 0.476 e. The van der Waals surface area contributed by atoms with Gasteiger partial charge < -0.3 is 20.3 Å². The third-order valence-corrected chi connectivity index (χ3v) is 4.44. The lowest BCUT2D eigenvalue weighted by molar-refractivity contribution is 0.0415. The van der Waals surface area contributed by atoms with Crippen molar-refractivity contribution in [3.8, 4) is 5.88 Å². The second-order valence-electron chi connectivity index (χ2n) is 7.23. The van der Waals surface area contributed by atoms with Crippen LogP contribution in [0.15, 0.2) is 30.3 Å². The number of carbonyl (C=O) groups is 1. The number of fused-ring (bicyclic) bond motifs is 1. The fraction of sp³-hybridized carbons (Fsp3) is 0.350. The molecule has 10 heteroatoms. The number of nitrogens with one attached hydrogen (secondary N) is 3. The Balaban J connectivity index is 1.83. The number of aromatic nitrogens is 3. The van der Waals surface area contributed by atoms with Gasteiger partial charge in [0.25, 0.3) is 0 Å². The number of urea groups is 1. The number of anilines is 1. The predicted molar refractivity (Wildman–Crippen MR) is 109 cm³/mol. The van der Waals surface area contributed by atoms with Gasteiger partial charge in [0.1, 0.15) is 11.6 Å². The molecular formula is C20H24FN5O4. The monoisotopic (exact) mass is 417 g/mol. The average molecular weight is 417 g/mol. The van der Waals surface area contributed by atoms with Crippen molar-refractivity contribution in [2.45, 2.75) is 39.0 Å². The van der Waals surface area contributed by atoms with Gasteiger partial charge in [-0.15, -0.1) is 5.10 Å². The van der Waals surface area contributed by atoms with Crippen molar-refractivity contribution in [2.75, 3.05) is 11.9 Å². The Morgan fingerprint density at radius 1 is 1.33 bits per heavy atom. The number of nitrogens with zero attached hydrogens (tertiary/aromatic N) is 2. The number of aliphatic hydroxyl groups is 2. The minimum atomic E-state index is -1.32. The van der Waals surface area contributed by atoms with Crippen LogP contribution in [0.4, 0.5) is 15.0 Å². The second-order valence-corrected chi connectivity index (χ2v) is 7.23. The number of amides is 2.